The third kappa shape index (κ3) is 3.18. The Morgan fingerprint density at radius 1 is 1.35 bits per heavy atom. The number of aryl methyl sites for hydroxylation is 1. The smallest absolute Gasteiger partial charge is 0.275 e. The van der Waals surface area contributed by atoms with Crippen LogP contribution in [0.3, 0.4) is 0 Å². The number of benzene rings is 1. The van der Waals surface area contributed by atoms with E-state index in [-0.39, 0.29) is 11.6 Å². The molecule has 2 aromatic rings. The first-order valence-electron chi connectivity index (χ1n) is 5.85. The number of nitrogens with two attached hydrogens (primary N) is 2. The molecule has 0 radical (unpaired) electrons. The Balaban J connectivity index is 2.52. The number of anilines is 1. The molecule has 7 heteroatoms. The fourth-order valence-electron chi connectivity index (χ4n) is 1.66. The molecular formula is C13H14N4O2S. The third-order valence-electron chi connectivity index (χ3n) is 2.56. The molecule has 104 valence electrons. The number of hydrogen-bond donors (Lipinski definition) is 2. The molecule has 0 fully saturated rings. The lowest BCUT2D eigenvalue weighted by atomic mass is 10.2. The number of aromatic nitrogens is 2. The Morgan fingerprint density at radius 2 is 2.00 bits per heavy atom. The molecule has 0 aliphatic heterocycles. The highest BCUT2D eigenvalue weighted by atomic mass is 32.2. The van der Waals surface area contributed by atoms with Crippen molar-refractivity contribution in [2.45, 2.75) is 12.1 Å². The normalized spacial score (nSPS) is 10.4. The Kier molecular flexibility index (Phi) is 4.09. The van der Waals surface area contributed by atoms with Crippen LogP contribution in [-0.4, -0.2) is 21.2 Å². The molecule has 0 aliphatic carbocycles. The van der Waals surface area contributed by atoms with E-state index in [4.69, 9.17) is 11.5 Å². The summed E-state index contributed by atoms with van der Waals surface area (Å²) in [5.41, 5.74) is 12.4. The zero-order valence-corrected chi connectivity index (χ0v) is 11.7. The molecule has 4 N–H and O–H groups in total. The summed E-state index contributed by atoms with van der Waals surface area (Å²) in [6.07, 6.45) is 0. The molecule has 0 unspecified atom stereocenters. The molecule has 0 aliphatic rings. The van der Waals surface area contributed by atoms with E-state index in [0.29, 0.717) is 5.16 Å². The minimum atomic E-state index is -0.484. The number of nitrogen functional groups attached to an aromatic ring is 1. The molecule has 1 amide bonds. The molecule has 0 saturated carbocycles. The van der Waals surface area contributed by atoms with Gasteiger partial charge in [-0.1, -0.05) is 29.5 Å². The first-order valence-corrected chi connectivity index (χ1v) is 6.83. The average Bonchev–Trinajstić information content (AvgIpc) is 2.37. The zero-order chi connectivity index (χ0) is 14.7. The number of nitrogens with zero attached hydrogens (tertiary/aromatic N) is 2. The van der Waals surface area contributed by atoms with Gasteiger partial charge in [-0.05, 0) is 19.1 Å². The number of hydrogen-bond acceptors (Lipinski definition) is 5. The van der Waals surface area contributed by atoms with Gasteiger partial charge in [-0.15, -0.1) is 0 Å². The largest absolute Gasteiger partial charge is 0.385 e. The van der Waals surface area contributed by atoms with Crippen LogP contribution >= 0.6 is 11.8 Å². The molecule has 20 heavy (non-hydrogen) atoms. The predicted molar refractivity (Wildman–Crippen MR) is 78.9 cm³/mol. The van der Waals surface area contributed by atoms with E-state index in [2.05, 4.69) is 4.98 Å². The SMILES string of the molecule is Cc1ccc(-n2c(N)cc(=O)nc2SCC(N)=O)cc1. The highest BCUT2D eigenvalue weighted by Gasteiger charge is 2.11. The number of carbonyl (C=O) groups excluding carboxylic acids is 1. The van der Waals surface area contributed by atoms with Crippen molar-refractivity contribution < 1.29 is 4.79 Å². The average molecular weight is 290 g/mol. The van der Waals surface area contributed by atoms with Crippen molar-refractivity contribution in [3.63, 3.8) is 0 Å². The maximum absolute atomic E-state index is 11.5. The summed E-state index contributed by atoms with van der Waals surface area (Å²) in [4.78, 5) is 26.2. The molecule has 1 aromatic carbocycles. The van der Waals surface area contributed by atoms with Crippen molar-refractivity contribution >= 4 is 23.5 Å². The second-order valence-corrected chi connectivity index (χ2v) is 5.17. The molecule has 0 bridgehead atoms. The van der Waals surface area contributed by atoms with Gasteiger partial charge in [0.2, 0.25) is 5.91 Å². The van der Waals surface area contributed by atoms with Crippen LogP contribution in [0, 0.1) is 6.92 Å². The number of thioether (sulfide) groups is 1. The van der Waals surface area contributed by atoms with Crippen LogP contribution in [0.1, 0.15) is 5.56 Å². The van der Waals surface area contributed by atoms with Gasteiger partial charge in [0.15, 0.2) is 5.16 Å². The minimum absolute atomic E-state index is 0.0295. The standard InChI is InChI=1S/C13H14N4O2S/c1-8-2-4-9(5-3-8)17-10(14)6-12(19)16-13(17)20-7-11(15)18/h2-6H,7,14H2,1H3,(H2,15,18). The Labute approximate surface area is 119 Å². The van der Waals surface area contributed by atoms with Crippen LogP contribution < -0.4 is 17.0 Å². The van der Waals surface area contributed by atoms with Crippen molar-refractivity contribution in [3.05, 3.63) is 46.2 Å². The second kappa shape index (κ2) is 5.79. The molecule has 0 spiro atoms. The van der Waals surface area contributed by atoms with Gasteiger partial charge >= 0.3 is 0 Å². The molecule has 2 rings (SSSR count). The zero-order valence-electron chi connectivity index (χ0n) is 10.9. The van der Waals surface area contributed by atoms with Gasteiger partial charge in [0.25, 0.3) is 5.56 Å². The van der Waals surface area contributed by atoms with Gasteiger partial charge in [0.05, 0.1) is 5.75 Å². The third-order valence-corrected chi connectivity index (χ3v) is 3.52. The van der Waals surface area contributed by atoms with E-state index in [1.54, 1.807) is 4.57 Å². The summed E-state index contributed by atoms with van der Waals surface area (Å²) in [5, 5.41) is 0.345. The lowest BCUT2D eigenvalue weighted by Gasteiger charge is -2.14. The summed E-state index contributed by atoms with van der Waals surface area (Å²) < 4.78 is 1.62. The van der Waals surface area contributed by atoms with E-state index in [9.17, 15) is 9.59 Å². The Morgan fingerprint density at radius 3 is 2.60 bits per heavy atom. The van der Waals surface area contributed by atoms with Crippen molar-refractivity contribution in [3.8, 4) is 5.69 Å². The fourth-order valence-corrected chi connectivity index (χ4v) is 2.43. The quantitative estimate of drug-likeness (QED) is 0.637. The highest BCUT2D eigenvalue weighted by Crippen LogP contribution is 2.22. The summed E-state index contributed by atoms with van der Waals surface area (Å²) in [7, 11) is 0. The van der Waals surface area contributed by atoms with E-state index < -0.39 is 11.5 Å². The van der Waals surface area contributed by atoms with Gasteiger partial charge in [0.1, 0.15) is 5.82 Å². The Bertz CT molecular complexity index is 695. The Hall–Kier alpha value is -2.28. The van der Waals surface area contributed by atoms with Crippen molar-refractivity contribution in [2.24, 2.45) is 5.73 Å². The van der Waals surface area contributed by atoms with Crippen LogP contribution in [0.25, 0.3) is 5.69 Å². The predicted octanol–water partition coefficient (Wildman–Crippen LogP) is 0.701. The number of rotatable bonds is 4. The van der Waals surface area contributed by atoms with E-state index >= 15 is 0 Å². The summed E-state index contributed by atoms with van der Waals surface area (Å²) >= 11 is 1.08. The first-order chi connectivity index (χ1) is 9.47. The molecule has 1 aromatic heterocycles. The highest BCUT2D eigenvalue weighted by molar-refractivity contribution is 7.99. The molecule has 0 saturated heterocycles. The number of amides is 1. The van der Waals surface area contributed by atoms with Gasteiger partial charge in [-0.25, -0.2) is 0 Å². The van der Waals surface area contributed by atoms with Crippen LogP contribution in [0.15, 0.2) is 40.3 Å². The van der Waals surface area contributed by atoms with E-state index in [1.807, 2.05) is 31.2 Å². The van der Waals surface area contributed by atoms with Gasteiger partial charge in [-0.2, -0.15) is 4.98 Å². The van der Waals surface area contributed by atoms with Crippen molar-refractivity contribution in [1.29, 1.82) is 0 Å². The van der Waals surface area contributed by atoms with Gasteiger partial charge in [-0.3, -0.25) is 14.2 Å². The van der Waals surface area contributed by atoms with Crippen LogP contribution in [-0.2, 0) is 4.79 Å². The van der Waals surface area contributed by atoms with Crippen LogP contribution in [0.5, 0.6) is 0 Å². The maximum Gasteiger partial charge on any atom is 0.275 e. The van der Waals surface area contributed by atoms with E-state index in [0.717, 1.165) is 23.0 Å². The summed E-state index contributed by atoms with van der Waals surface area (Å²) in [6, 6.07) is 8.83. The number of primary amides is 1. The second-order valence-electron chi connectivity index (χ2n) is 4.23. The molecule has 0 atom stereocenters. The summed E-state index contributed by atoms with van der Waals surface area (Å²) in [6.45, 7) is 1.97. The summed E-state index contributed by atoms with van der Waals surface area (Å²) in [5.74, 6) is -0.190. The molecule has 6 nitrogen and oxygen atoms in total. The lowest BCUT2D eigenvalue weighted by Crippen LogP contribution is -2.19. The van der Waals surface area contributed by atoms with Crippen molar-refractivity contribution in [1.82, 2.24) is 9.55 Å². The van der Waals surface area contributed by atoms with E-state index in [1.165, 1.54) is 6.07 Å². The fraction of sp³-hybridized carbons (Fsp3) is 0.154. The minimum Gasteiger partial charge on any atom is -0.385 e. The van der Waals surface area contributed by atoms with Gasteiger partial charge < -0.3 is 11.5 Å². The van der Waals surface area contributed by atoms with Crippen LogP contribution in [0.2, 0.25) is 0 Å². The monoisotopic (exact) mass is 290 g/mol. The molecule has 1 heterocycles. The molecular weight excluding hydrogens is 276 g/mol. The van der Waals surface area contributed by atoms with Gasteiger partial charge in [0, 0.05) is 11.8 Å². The van der Waals surface area contributed by atoms with Crippen LogP contribution in [0.4, 0.5) is 5.82 Å². The van der Waals surface area contributed by atoms with Crippen molar-refractivity contribution in [2.75, 3.05) is 11.5 Å². The first kappa shape index (κ1) is 14.1. The lowest BCUT2D eigenvalue weighted by molar-refractivity contribution is -0.115. The topological polar surface area (TPSA) is 104 Å². The maximum atomic E-state index is 11.5. The number of carbonyl (C=O) groups is 1.